The molecule has 19 heavy (non-hydrogen) atoms. The zero-order valence-electron chi connectivity index (χ0n) is 10.4. The summed E-state index contributed by atoms with van der Waals surface area (Å²) in [5.41, 5.74) is 4.03. The molecule has 3 N–H and O–H groups in total. The van der Waals surface area contributed by atoms with Gasteiger partial charge < -0.3 is 0 Å². The van der Waals surface area contributed by atoms with Crippen molar-refractivity contribution in [3.8, 4) is 0 Å². The van der Waals surface area contributed by atoms with Crippen molar-refractivity contribution in [2.45, 2.75) is 17.4 Å². The van der Waals surface area contributed by atoms with E-state index >= 15 is 0 Å². The molecule has 1 aromatic heterocycles. The third-order valence-electron chi connectivity index (χ3n) is 2.69. The van der Waals surface area contributed by atoms with E-state index < -0.39 is 0 Å². The van der Waals surface area contributed by atoms with E-state index in [1.54, 1.807) is 18.0 Å². The van der Waals surface area contributed by atoms with E-state index in [9.17, 15) is 0 Å². The second-order valence-electron chi connectivity index (χ2n) is 4.20. The number of nitrogens with one attached hydrogen (secondary N) is 1. The Balaban J connectivity index is 1.89. The average Bonchev–Trinajstić information content (AvgIpc) is 2.44. The Morgan fingerprint density at radius 3 is 2.89 bits per heavy atom. The van der Waals surface area contributed by atoms with Crippen LogP contribution >= 0.6 is 23.4 Å². The number of hydrogen-bond donors (Lipinski definition) is 2. The van der Waals surface area contributed by atoms with Crippen LogP contribution in [-0.2, 0) is 6.42 Å². The number of pyridine rings is 1. The second-order valence-corrected chi connectivity index (χ2v) is 5.73. The van der Waals surface area contributed by atoms with Crippen LogP contribution in [0.1, 0.15) is 5.56 Å². The lowest BCUT2D eigenvalue weighted by Crippen LogP contribution is -2.38. The maximum absolute atomic E-state index is 5.96. The van der Waals surface area contributed by atoms with Crippen molar-refractivity contribution in [2.75, 3.05) is 5.75 Å². The fourth-order valence-corrected chi connectivity index (χ4v) is 2.97. The lowest BCUT2D eigenvalue weighted by Gasteiger charge is -2.15. The highest BCUT2D eigenvalue weighted by molar-refractivity contribution is 7.99. The highest BCUT2D eigenvalue weighted by atomic mass is 35.5. The van der Waals surface area contributed by atoms with Gasteiger partial charge in [0.25, 0.3) is 0 Å². The summed E-state index contributed by atoms with van der Waals surface area (Å²) in [6, 6.07) is 12.0. The predicted molar refractivity (Wildman–Crippen MR) is 81.2 cm³/mol. The smallest absolute Gasteiger partial charge is 0.0417 e. The van der Waals surface area contributed by atoms with E-state index in [1.165, 1.54) is 5.56 Å². The predicted octanol–water partition coefficient (Wildman–Crippen LogP) is 2.90. The third kappa shape index (κ3) is 4.84. The summed E-state index contributed by atoms with van der Waals surface area (Å²) in [5.74, 6) is 6.49. The van der Waals surface area contributed by atoms with Gasteiger partial charge in [-0.15, -0.1) is 11.8 Å². The lowest BCUT2D eigenvalue weighted by molar-refractivity contribution is 0.575. The lowest BCUT2D eigenvalue weighted by atomic mass is 10.1. The first-order chi connectivity index (χ1) is 9.28. The first-order valence-corrected chi connectivity index (χ1v) is 7.37. The van der Waals surface area contributed by atoms with Gasteiger partial charge in [-0.2, -0.15) is 0 Å². The maximum Gasteiger partial charge on any atom is 0.0417 e. The number of nitrogens with zero attached hydrogens (tertiary/aromatic N) is 1. The van der Waals surface area contributed by atoms with Gasteiger partial charge in [0.05, 0.1) is 0 Å². The Kier molecular flexibility index (Phi) is 5.66. The molecule has 0 aliphatic heterocycles. The second kappa shape index (κ2) is 7.50. The fourth-order valence-electron chi connectivity index (χ4n) is 1.72. The zero-order valence-corrected chi connectivity index (χ0v) is 12.0. The van der Waals surface area contributed by atoms with Crippen molar-refractivity contribution in [1.29, 1.82) is 0 Å². The molecular weight excluding hydrogens is 278 g/mol. The number of aromatic nitrogens is 1. The summed E-state index contributed by atoms with van der Waals surface area (Å²) in [6.45, 7) is 0. The molecule has 1 unspecified atom stereocenters. The molecule has 0 amide bonds. The van der Waals surface area contributed by atoms with Gasteiger partial charge in [-0.05, 0) is 36.2 Å². The largest absolute Gasteiger partial charge is 0.271 e. The van der Waals surface area contributed by atoms with E-state index in [0.29, 0.717) is 0 Å². The van der Waals surface area contributed by atoms with Gasteiger partial charge in [-0.1, -0.05) is 23.7 Å². The van der Waals surface area contributed by atoms with Crippen molar-refractivity contribution >= 4 is 23.4 Å². The normalized spacial score (nSPS) is 12.3. The molecule has 0 bridgehead atoms. The van der Waals surface area contributed by atoms with Crippen LogP contribution in [0.15, 0.2) is 53.7 Å². The monoisotopic (exact) mass is 293 g/mol. The van der Waals surface area contributed by atoms with E-state index in [-0.39, 0.29) is 6.04 Å². The Morgan fingerprint density at radius 2 is 2.21 bits per heavy atom. The molecule has 1 heterocycles. The fraction of sp³-hybridized carbons (Fsp3) is 0.214. The summed E-state index contributed by atoms with van der Waals surface area (Å²) in [4.78, 5) is 5.26. The van der Waals surface area contributed by atoms with Crippen molar-refractivity contribution in [3.05, 3.63) is 59.4 Å². The topological polar surface area (TPSA) is 50.9 Å². The summed E-state index contributed by atoms with van der Waals surface area (Å²) >= 11 is 7.70. The SMILES string of the molecule is NNC(CSc1cccc(Cl)c1)Cc1cccnc1. The molecule has 0 saturated heterocycles. The Labute approximate surface area is 122 Å². The highest BCUT2D eigenvalue weighted by Crippen LogP contribution is 2.22. The minimum absolute atomic E-state index is 0.202. The summed E-state index contributed by atoms with van der Waals surface area (Å²) in [5, 5.41) is 0.759. The van der Waals surface area contributed by atoms with Gasteiger partial charge >= 0.3 is 0 Å². The van der Waals surface area contributed by atoms with E-state index in [0.717, 1.165) is 22.1 Å². The molecule has 0 spiro atoms. The van der Waals surface area contributed by atoms with Gasteiger partial charge in [-0.25, -0.2) is 0 Å². The third-order valence-corrected chi connectivity index (χ3v) is 4.08. The van der Waals surface area contributed by atoms with Crippen molar-refractivity contribution in [3.63, 3.8) is 0 Å². The molecule has 1 aromatic carbocycles. The van der Waals surface area contributed by atoms with Gasteiger partial charge in [0.15, 0.2) is 0 Å². The standard InChI is InChI=1S/C14H16ClN3S/c15-12-4-1-5-14(8-12)19-10-13(18-16)7-11-3-2-6-17-9-11/h1-6,8-9,13,18H,7,10,16H2. The number of hydrazine groups is 1. The number of nitrogens with two attached hydrogens (primary N) is 1. The molecule has 0 fully saturated rings. The van der Waals surface area contributed by atoms with Gasteiger partial charge in [0.2, 0.25) is 0 Å². The van der Waals surface area contributed by atoms with E-state index in [1.807, 2.05) is 36.5 Å². The van der Waals surface area contributed by atoms with Crippen LogP contribution < -0.4 is 11.3 Å². The van der Waals surface area contributed by atoms with Crippen LogP contribution in [0.25, 0.3) is 0 Å². The minimum atomic E-state index is 0.202. The van der Waals surface area contributed by atoms with Gasteiger partial charge in [-0.3, -0.25) is 16.3 Å². The Morgan fingerprint density at radius 1 is 1.32 bits per heavy atom. The van der Waals surface area contributed by atoms with Crippen molar-refractivity contribution in [2.24, 2.45) is 5.84 Å². The first-order valence-electron chi connectivity index (χ1n) is 6.01. The van der Waals surface area contributed by atoms with Crippen LogP contribution in [0.4, 0.5) is 0 Å². The first kappa shape index (κ1) is 14.3. The summed E-state index contributed by atoms with van der Waals surface area (Å²) in [6.07, 6.45) is 4.50. The van der Waals surface area contributed by atoms with Crippen LogP contribution in [0, 0.1) is 0 Å². The van der Waals surface area contributed by atoms with Crippen LogP contribution in [0.5, 0.6) is 0 Å². The minimum Gasteiger partial charge on any atom is -0.271 e. The number of benzene rings is 1. The van der Waals surface area contributed by atoms with Crippen molar-refractivity contribution in [1.82, 2.24) is 10.4 Å². The molecule has 0 aliphatic rings. The van der Waals surface area contributed by atoms with Crippen LogP contribution in [-0.4, -0.2) is 16.8 Å². The molecule has 2 aromatic rings. The Bertz CT molecular complexity index is 507. The molecule has 100 valence electrons. The molecule has 5 heteroatoms. The zero-order chi connectivity index (χ0) is 13.5. The molecule has 2 rings (SSSR count). The Hall–Kier alpha value is -1.07. The molecule has 0 saturated carbocycles. The maximum atomic E-state index is 5.96. The highest BCUT2D eigenvalue weighted by Gasteiger charge is 2.08. The summed E-state index contributed by atoms with van der Waals surface area (Å²) in [7, 11) is 0. The number of halogens is 1. The summed E-state index contributed by atoms with van der Waals surface area (Å²) < 4.78 is 0. The number of hydrogen-bond acceptors (Lipinski definition) is 4. The average molecular weight is 294 g/mol. The van der Waals surface area contributed by atoms with E-state index in [4.69, 9.17) is 17.4 Å². The van der Waals surface area contributed by atoms with Crippen molar-refractivity contribution < 1.29 is 0 Å². The van der Waals surface area contributed by atoms with Crippen LogP contribution in [0.2, 0.25) is 5.02 Å². The van der Waals surface area contributed by atoms with Crippen LogP contribution in [0.3, 0.4) is 0 Å². The molecule has 0 radical (unpaired) electrons. The number of rotatable bonds is 6. The van der Waals surface area contributed by atoms with E-state index in [2.05, 4.69) is 16.5 Å². The quantitative estimate of drug-likeness (QED) is 0.488. The van der Waals surface area contributed by atoms with Gasteiger partial charge in [0, 0.05) is 34.1 Å². The molecule has 3 nitrogen and oxygen atoms in total. The molecule has 0 aliphatic carbocycles. The van der Waals surface area contributed by atoms with Gasteiger partial charge in [0.1, 0.15) is 0 Å². The molecular formula is C14H16ClN3S. The molecule has 1 atom stereocenters. The number of thioether (sulfide) groups is 1.